The number of ether oxygens (including phenoxy) is 1. The molecule has 10 heteroatoms. The molecule has 1 aliphatic rings. The summed E-state index contributed by atoms with van der Waals surface area (Å²) in [5.74, 6) is 0.0338. The largest absolute Gasteiger partial charge is 0.482 e. The maximum Gasteiger partial charge on any atom is 0.342 e. The molecule has 0 radical (unpaired) electrons. The van der Waals surface area contributed by atoms with Crippen molar-refractivity contribution >= 4 is 29.1 Å². The topological polar surface area (TPSA) is 125 Å². The number of aromatic amines is 2. The number of benzene rings is 1. The van der Waals surface area contributed by atoms with Crippen molar-refractivity contribution in [2.75, 3.05) is 24.3 Å². The normalized spacial score (nSPS) is 13.4. The van der Waals surface area contributed by atoms with E-state index >= 15 is 0 Å². The van der Waals surface area contributed by atoms with Crippen molar-refractivity contribution in [3.05, 3.63) is 44.6 Å². The molecule has 0 saturated carbocycles. The fourth-order valence-electron chi connectivity index (χ4n) is 2.10. The van der Waals surface area contributed by atoms with Crippen LogP contribution in [0.1, 0.15) is 10.4 Å². The number of ketones is 1. The highest BCUT2D eigenvalue weighted by molar-refractivity contribution is 7.99. The summed E-state index contributed by atoms with van der Waals surface area (Å²) in [6, 6.07) is 4.79. The van der Waals surface area contributed by atoms with Crippen LogP contribution in [0.4, 0.5) is 5.69 Å². The zero-order chi connectivity index (χ0) is 17.3. The molecular formula is C14H12N4O5S. The number of nitrogens with zero attached hydrogens (tertiary/aromatic N) is 2. The van der Waals surface area contributed by atoms with Gasteiger partial charge in [-0.25, -0.2) is 9.89 Å². The summed E-state index contributed by atoms with van der Waals surface area (Å²) < 4.78 is 5.30. The van der Waals surface area contributed by atoms with E-state index in [2.05, 4.69) is 10.2 Å². The lowest BCUT2D eigenvalue weighted by Crippen LogP contribution is -2.35. The molecule has 2 heterocycles. The zero-order valence-electron chi connectivity index (χ0n) is 12.5. The van der Waals surface area contributed by atoms with Gasteiger partial charge in [-0.15, -0.1) is 0 Å². The smallest absolute Gasteiger partial charge is 0.342 e. The Morgan fingerprint density at radius 3 is 2.92 bits per heavy atom. The highest BCUT2D eigenvalue weighted by atomic mass is 32.2. The van der Waals surface area contributed by atoms with Crippen molar-refractivity contribution in [3.8, 4) is 5.75 Å². The molecule has 0 spiro atoms. The van der Waals surface area contributed by atoms with E-state index in [0.717, 1.165) is 11.8 Å². The molecule has 9 nitrogen and oxygen atoms in total. The van der Waals surface area contributed by atoms with Gasteiger partial charge in [-0.05, 0) is 18.2 Å². The number of thioether (sulfide) groups is 1. The first-order chi connectivity index (χ1) is 11.5. The van der Waals surface area contributed by atoms with Gasteiger partial charge in [0.1, 0.15) is 5.75 Å². The Morgan fingerprint density at radius 2 is 2.17 bits per heavy atom. The first-order valence-electron chi connectivity index (χ1n) is 6.84. The monoisotopic (exact) mass is 348 g/mol. The minimum Gasteiger partial charge on any atom is -0.482 e. The number of fused-ring (bicyclic) bond motifs is 1. The second kappa shape index (κ2) is 6.32. The number of hydrogen-bond acceptors (Lipinski definition) is 7. The Morgan fingerprint density at radius 1 is 1.38 bits per heavy atom. The van der Waals surface area contributed by atoms with E-state index in [1.807, 2.05) is 4.98 Å². The minimum atomic E-state index is -0.710. The molecule has 0 bridgehead atoms. The summed E-state index contributed by atoms with van der Waals surface area (Å²) in [6.45, 7) is -0.0344. The second-order valence-corrected chi connectivity index (χ2v) is 5.91. The second-order valence-electron chi connectivity index (χ2n) is 4.95. The van der Waals surface area contributed by atoms with Crippen LogP contribution in [0, 0.1) is 0 Å². The molecule has 124 valence electrons. The lowest BCUT2D eigenvalue weighted by molar-refractivity contribution is -0.120. The van der Waals surface area contributed by atoms with Gasteiger partial charge in [-0.2, -0.15) is 5.10 Å². The third kappa shape index (κ3) is 3.08. The van der Waals surface area contributed by atoms with Gasteiger partial charge >= 0.3 is 5.69 Å². The van der Waals surface area contributed by atoms with E-state index < -0.39 is 11.2 Å². The van der Waals surface area contributed by atoms with Gasteiger partial charge in [-0.1, -0.05) is 11.8 Å². The molecule has 1 amide bonds. The van der Waals surface area contributed by atoms with E-state index in [0.29, 0.717) is 17.0 Å². The lowest BCUT2D eigenvalue weighted by atomic mass is 10.1. The first kappa shape index (κ1) is 16.0. The molecule has 1 aliphatic heterocycles. The van der Waals surface area contributed by atoms with Crippen LogP contribution in [0.3, 0.4) is 0 Å². The van der Waals surface area contributed by atoms with Crippen LogP contribution >= 0.6 is 11.8 Å². The molecule has 0 atom stereocenters. The highest BCUT2D eigenvalue weighted by Crippen LogP contribution is 2.32. The third-order valence-corrected chi connectivity index (χ3v) is 4.34. The van der Waals surface area contributed by atoms with E-state index in [4.69, 9.17) is 4.74 Å². The summed E-state index contributed by atoms with van der Waals surface area (Å²) in [6.07, 6.45) is 0. The van der Waals surface area contributed by atoms with E-state index in [9.17, 15) is 19.2 Å². The predicted octanol–water partition coefficient (Wildman–Crippen LogP) is -0.212. The number of carbonyl (C=O) groups excluding carboxylic acids is 2. The minimum absolute atomic E-state index is 0.00320. The summed E-state index contributed by atoms with van der Waals surface area (Å²) in [5, 5.41) is 5.69. The van der Waals surface area contributed by atoms with Gasteiger partial charge in [0.2, 0.25) is 0 Å². The summed E-state index contributed by atoms with van der Waals surface area (Å²) >= 11 is 0.911. The molecular weight excluding hydrogens is 336 g/mol. The van der Waals surface area contributed by atoms with Crippen LogP contribution in [0.2, 0.25) is 0 Å². The number of aromatic nitrogens is 3. The molecule has 2 aromatic rings. The number of carbonyl (C=O) groups is 2. The Hall–Kier alpha value is -2.88. The molecule has 0 saturated heterocycles. The Balaban J connectivity index is 1.77. The van der Waals surface area contributed by atoms with Crippen molar-refractivity contribution < 1.29 is 14.3 Å². The van der Waals surface area contributed by atoms with Crippen LogP contribution in [-0.2, 0) is 4.79 Å². The van der Waals surface area contributed by atoms with E-state index in [1.54, 1.807) is 25.2 Å². The zero-order valence-corrected chi connectivity index (χ0v) is 13.3. The third-order valence-electron chi connectivity index (χ3n) is 3.39. The average Bonchev–Trinajstić information content (AvgIpc) is 2.57. The number of amides is 1. The van der Waals surface area contributed by atoms with Crippen molar-refractivity contribution in [3.63, 3.8) is 0 Å². The molecule has 3 rings (SSSR count). The maximum absolute atomic E-state index is 12.3. The number of Topliss-reactive ketones (excluding diaryl/α,β-unsaturated/α-hetero) is 1. The summed E-state index contributed by atoms with van der Waals surface area (Å²) in [5.41, 5.74) is -0.465. The molecule has 2 N–H and O–H groups in total. The van der Waals surface area contributed by atoms with Crippen LogP contribution < -0.4 is 20.9 Å². The Kier molecular flexibility index (Phi) is 4.21. The van der Waals surface area contributed by atoms with Gasteiger partial charge in [0.15, 0.2) is 17.4 Å². The van der Waals surface area contributed by atoms with Crippen LogP contribution in [0.15, 0.2) is 32.8 Å². The number of hydrogen-bond donors (Lipinski definition) is 2. The van der Waals surface area contributed by atoms with Crippen molar-refractivity contribution in [2.45, 2.75) is 5.03 Å². The number of anilines is 1. The molecule has 1 aromatic carbocycles. The number of nitrogens with one attached hydrogen (secondary N) is 2. The lowest BCUT2D eigenvalue weighted by Gasteiger charge is -2.26. The molecule has 24 heavy (non-hydrogen) atoms. The first-order valence-corrected chi connectivity index (χ1v) is 7.82. The Bertz CT molecular complexity index is 935. The fraction of sp³-hybridized carbons (Fsp3) is 0.214. The average molecular weight is 348 g/mol. The van der Waals surface area contributed by atoms with Gasteiger partial charge in [0.25, 0.3) is 11.5 Å². The van der Waals surface area contributed by atoms with E-state index in [-0.39, 0.29) is 29.1 Å². The number of likely N-dealkylation sites (N-methyl/N-ethyl adjacent to an activating group) is 1. The standard InChI is InChI=1S/C14H12N4O5S/c1-18-8-4-7(2-3-10(8)23-5-11(18)20)9(19)6-24-13-12(21)15-14(22)17-16-13/h2-4H,5-6H2,1H3,(H2,15,17,21,22). The molecule has 0 fully saturated rings. The molecule has 0 aliphatic carbocycles. The molecule has 0 unspecified atom stereocenters. The number of H-pyrrole nitrogens is 2. The SMILES string of the molecule is CN1C(=O)COc2ccc(C(=O)CSc3n[nH]c(=O)[nH]c3=O)cc21. The van der Waals surface area contributed by atoms with Gasteiger partial charge in [0, 0.05) is 12.6 Å². The van der Waals surface area contributed by atoms with Gasteiger partial charge < -0.3 is 9.64 Å². The van der Waals surface area contributed by atoms with Crippen LogP contribution in [0.5, 0.6) is 5.75 Å². The fourth-order valence-corrected chi connectivity index (χ4v) is 2.82. The maximum atomic E-state index is 12.3. The van der Waals surface area contributed by atoms with Crippen molar-refractivity contribution in [2.24, 2.45) is 0 Å². The van der Waals surface area contributed by atoms with E-state index in [1.165, 1.54) is 4.90 Å². The Labute approximate surface area is 139 Å². The van der Waals surface area contributed by atoms with Crippen LogP contribution in [-0.4, -0.2) is 46.3 Å². The van der Waals surface area contributed by atoms with Crippen LogP contribution in [0.25, 0.3) is 0 Å². The summed E-state index contributed by atoms with van der Waals surface area (Å²) in [7, 11) is 1.61. The summed E-state index contributed by atoms with van der Waals surface area (Å²) in [4.78, 5) is 49.8. The van der Waals surface area contributed by atoms with Crippen molar-refractivity contribution in [1.82, 2.24) is 15.2 Å². The van der Waals surface area contributed by atoms with Gasteiger partial charge in [-0.3, -0.25) is 19.4 Å². The molecule has 1 aromatic heterocycles. The quantitative estimate of drug-likeness (QED) is 0.578. The number of rotatable bonds is 4. The highest BCUT2D eigenvalue weighted by Gasteiger charge is 2.23. The van der Waals surface area contributed by atoms with Crippen molar-refractivity contribution in [1.29, 1.82) is 0 Å². The predicted molar refractivity (Wildman–Crippen MR) is 85.9 cm³/mol. The van der Waals surface area contributed by atoms with Gasteiger partial charge in [0.05, 0.1) is 11.4 Å².